The Morgan fingerprint density at radius 2 is 1.29 bits per heavy atom. The zero-order valence-electron chi connectivity index (χ0n) is 51.3. The van der Waals surface area contributed by atoms with Gasteiger partial charge in [0, 0.05) is 56.9 Å². The summed E-state index contributed by atoms with van der Waals surface area (Å²) in [6, 6.07) is 9.22. The number of carbonyl (C=O) groups is 11. The molecule has 8 amide bonds. The van der Waals surface area contributed by atoms with E-state index in [0.29, 0.717) is 35.1 Å². The van der Waals surface area contributed by atoms with Crippen LogP contribution in [0.25, 0.3) is 0 Å². The van der Waals surface area contributed by atoms with Crippen LogP contribution in [0.2, 0.25) is 0 Å². The highest BCUT2D eigenvalue weighted by Gasteiger charge is 2.60. The lowest BCUT2D eigenvalue weighted by Crippen LogP contribution is -2.66. The van der Waals surface area contributed by atoms with Crippen molar-refractivity contribution in [1.29, 1.82) is 0 Å². The van der Waals surface area contributed by atoms with E-state index in [9.17, 15) is 58.5 Å². The Morgan fingerprint density at radius 1 is 0.688 bits per heavy atom. The van der Waals surface area contributed by atoms with E-state index in [0.717, 1.165) is 9.80 Å². The molecule has 4 heterocycles. The number of ketones is 1. The number of carboxylic acids is 1. The molecular weight excluding hydrogens is 1230 g/mol. The highest BCUT2D eigenvalue weighted by molar-refractivity contribution is 7.09. The van der Waals surface area contributed by atoms with Crippen LogP contribution < -0.4 is 66.3 Å². The van der Waals surface area contributed by atoms with Crippen LogP contribution in [0.3, 0.4) is 0 Å². The Kier molecular flexibility index (Phi) is 27.5. The number of Topliss-reactive ketones (excluding diaryl/α,β-unsaturated/α-hetero) is 1. The maximum atomic E-state index is 15.3. The van der Waals surface area contributed by atoms with Crippen molar-refractivity contribution in [2.75, 3.05) is 52.4 Å². The van der Waals surface area contributed by atoms with Crippen LogP contribution in [0.1, 0.15) is 73.8 Å². The minimum Gasteiger partial charge on any atom is -0.480 e. The maximum absolute atomic E-state index is 15.3. The molecule has 3 saturated heterocycles. The summed E-state index contributed by atoms with van der Waals surface area (Å²) in [6.45, 7) is -2.37. The molecule has 3 unspecified atom stereocenters. The summed E-state index contributed by atoms with van der Waals surface area (Å²) >= 11 is 1.23. The number of benzene rings is 2. The average Bonchev–Trinajstić information content (AvgIpc) is 1.59. The Balaban J connectivity index is 1.18. The first-order valence-electron chi connectivity index (χ1n) is 30.4. The van der Waals surface area contributed by atoms with Crippen molar-refractivity contribution in [3.05, 3.63) is 94.2 Å². The van der Waals surface area contributed by atoms with Crippen LogP contribution in [0.5, 0.6) is 0 Å². The van der Waals surface area contributed by atoms with E-state index in [1.54, 1.807) is 78.2 Å². The number of guanidine groups is 3. The quantitative estimate of drug-likeness (QED) is 0.00850. The van der Waals surface area contributed by atoms with Gasteiger partial charge >= 0.3 is 5.97 Å². The lowest BCUT2D eigenvalue weighted by atomic mass is 9.84. The van der Waals surface area contributed by atoms with Crippen molar-refractivity contribution in [1.82, 2.24) is 46.6 Å². The van der Waals surface area contributed by atoms with Gasteiger partial charge in [-0.1, -0.05) is 66.7 Å². The summed E-state index contributed by atoms with van der Waals surface area (Å²) in [7, 11) is 0. The van der Waals surface area contributed by atoms with E-state index in [1.807, 2.05) is 0 Å². The molecule has 10 atom stereocenters. The van der Waals surface area contributed by atoms with E-state index in [2.05, 4.69) is 46.9 Å². The lowest BCUT2D eigenvalue weighted by molar-refractivity contribution is -0.149. The highest BCUT2D eigenvalue weighted by atomic mass is 32.1. The van der Waals surface area contributed by atoms with Crippen LogP contribution in [-0.4, -0.2) is 226 Å². The Hall–Kier alpha value is -9.60. The summed E-state index contributed by atoms with van der Waals surface area (Å²) in [5.74, 6) is -9.62. The van der Waals surface area contributed by atoms with Gasteiger partial charge in [0.15, 0.2) is 29.2 Å². The van der Waals surface area contributed by atoms with Crippen LogP contribution >= 0.6 is 11.3 Å². The highest BCUT2D eigenvalue weighted by Crippen LogP contribution is 2.32. The molecule has 1 aromatic heterocycles. The summed E-state index contributed by atoms with van der Waals surface area (Å²) in [5.41, 5.74) is 31.2. The second-order valence-corrected chi connectivity index (χ2v) is 23.7. The number of aldehydes is 1. The van der Waals surface area contributed by atoms with Gasteiger partial charge in [0.1, 0.15) is 49.1 Å². The molecule has 0 spiro atoms. The largest absolute Gasteiger partial charge is 0.480 e. The number of thiophene rings is 1. The van der Waals surface area contributed by atoms with E-state index >= 15 is 9.59 Å². The van der Waals surface area contributed by atoms with Gasteiger partial charge in [0.2, 0.25) is 41.4 Å². The predicted octanol–water partition coefficient (Wildman–Crippen LogP) is -5.30. The number of aliphatic imine (C=N–C) groups is 3. The number of hydrogen-bond donors (Lipinski definition) is 15. The van der Waals surface area contributed by atoms with Gasteiger partial charge in [-0.2, -0.15) is 0 Å². The minimum atomic E-state index is -2.36. The number of hydrogen-bond acceptors (Lipinski definition) is 18. The minimum absolute atomic E-state index is 0.0161. The SMILES string of the molecule is NC(N)=NCCC[C@H](NC(=O)CN1C(=O)C(Cc2ccccc2)(N[C@@H](CO)C(=O)N[C@@H](Cc2cccs2)C(=O)NCC(=O)N2CCC(O)[C@H]2C(=O)N2CCC[C@H]2C(=O)N[C@@H](CCCN=C(N)N)C(=O)N[C@@H](C=O)CCCN=C(N)N)C(=O)C1Cc1ccccc1)C(=O)O. The van der Waals surface area contributed by atoms with Gasteiger partial charge in [-0.3, -0.25) is 63.4 Å². The Labute approximate surface area is 540 Å². The van der Waals surface area contributed by atoms with Gasteiger partial charge in [-0.25, -0.2) is 4.79 Å². The number of nitrogens with zero attached hydrogens (tertiary/aromatic N) is 6. The maximum Gasteiger partial charge on any atom is 0.326 e. The molecule has 0 bridgehead atoms. The number of amides is 8. The molecule has 3 aromatic rings. The first-order chi connectivity index (χ1) is 44.5. The third-order valence-corrected chi connectivity index (χ3v) is 16.9. The molecule has 21 N–H and O–H groups in total. The first kappa shape index (κ1) is 72.5. The van der Waals surface area contributed by atoms with E-state index in [1.165, 1.54) is 16.2 Å². The van der Waals surface area contributed by atoms with Crippen molar-refractivity contribution >= 4 is 94.5 Å². The molecule has 0 aliphatic carbocycles. The lowest BCUT2D eigenvalue weighted by Gasteiger charge is -2.33. The number of aliphatic hydroxyl groups excluding tert-OH is 2. The van der Waals surface area contributed by atoms with Gasteiger partial charge in [0.25, 0.3) is 5.91 Å². The monoisotopic (exact) mass is 1310 g/mol. The fraction of sp³-hybridized carbons (Fsp3) is 0.500. The topological polar surface area (TPSA) is 524 Å². The molecule has 32 nitrogen and oxygen atoms in total. The third-order valence-electron chi connectivity index (χ3n) is 16.0. The summed E-state index contributed by atoms with van der Waals surface area (Å²) in [5, 5.41) is 49.8. The molecule has 6 rings (SSSR count). The van der Waals surface area contributed by atoms with E-state index in [4.69, 9.17) is 34.4 Å². The van der Waals surface area contributed by atoms with Crippen LogP contribution in [0.4, 0.5) is 0 Å². The first-order valence-corrected chi connectivity index (χ1v) is 31.3. The predicted molar refractivity (Wildman–Crippen MR) is 341 cm³/mol. The normalized spacial score (nSPS) is 20.0. The molecule has 93 heavy (non-hydrogen) atoms. The molecule has 33 heteroatoms. The standard InChI is InChI=1S/C60H84N18O14S/c61-57(62)67-22-7-16-37(33-79)71-51(86)39(18-8-23-68-58(63)64)73-53(88)43-20-10-25-76(43)54(89)48-45(81)21-26-77(48)47(83)31-70-50(85)41(29-38-17-11-27-93-38)74-52(87)42(34-80)75-60(30-36-14-5-2-6-15-36)49(84)44(28-35-12-3-1-4-13-35)78(56(60)92)32-46(82)72-40(55(90)91)19-9-24-69-59(65)66/h1-6,11-15,17,27,33,37,39-45,48,75,80-81H,7-10,16,18-26,28-32,34H2,(H,70,85)(H,71,86)(H,72,82)(H,73,88)(H,74,87)(H,90,91)(H4,61,62,67)(H4,63,64,68)(H4,65,66,69)/t37-,39+,40+,41+,42+,43+,44?,45?,48+,60?/m1/s1. The van der Waals surface area contributed by atoms with Crippen molar-refractivity contribution in [3.63, 3.8) is 0 Å². The molecule has 0 radical (unpaired) electrons. The summed E-state index contributed by atoms with van der Waals surface area (Å²) in [4.78, 5) is 170. The molecular formula is C60H84N18O14S. The fourth-order valence-corrected chi connectivity index (χ4v) is 12.1. The molecule has 3 aliphatic rings. The number of rotatable bonds is 36. The van der Waals surface area contributed by atoms with Crippen molar-refractivity contribution in [3.8, 4) is 0 Å². The fourth-order valence-electron chi connectivity index (χ4n) is 11.4. The molecule has 0 saturated carbocycles. The number of nitrogens with two attached hydrogens (primary N) is 6. The van der Waals surface area contributed by atoms with E-state index in [-0.39, 0.29) is 108 Å². The van der Waals surface area contributed by atoms with Crippen molar-refractivity contribution < 1.29 is 68.1 Å². The third kappa shape index (κ3) is 20.7. The number of likely N-dealkylation sites (tertiary alicyclic amines) is 3. The zero-order chi connectivity index (χ0) is 67.8. The smallest absolute Gasteiger partial charge is 0.326 e. The number of nitrogens with one attached hydrogen (secondary N) is 6. The number of carbonyl (C=O) groups excluding carboxylic acids is 10. The van der Waals surface area contributed by atoms with Crippen LogP contribution in [0, 0.1) is 0 Å². The molecule has 3 fully saturated rings. The van der Waals surface area contributed by atoms with Gasteiger partial charge in [-0.15, -0.1) is 11.3 Å². The number of carboxylic acid groups (broad SMARTS) is 1. The molecule has 504 valence electrons. The summed E-state index contributed by atoms with van der Waals surface area (Å²) < 4.78 is 0. The summed E-state index contributed by atoms with van der Waals surface area (Å²) in [6.07, 6.45) is -0.335. The van der Waals surface area contributed by atoms with Gasteiger partial charge < -0.3 is 95.8 Å². The van der Waals surface area contributed by atoms with E-state index < -0.39 is 145 Å². The number of aliphatic hydroxyl groups is 2. The second-order valence-electron chi connectivity index (χ2n) is 22.7. The molecule has 2 aromatic carbocycles. The number of aliphatic carboxylic acids is 1. The molecule has 3 aliphatic heterocycles. The second kappa shape index (κ2) is 35.3. The Bertz CT molecular complexity index is 3190. The van der Waals surface area contributed by atoms with Gasteiger partial charge in [0.05, 0.1) is 31.3 Å². The van der Waals surface area contributed by atoms with Crippen LogP contribution in [-0.2, 0) is 72.0 Å². The average molecular weight is 1310 g/mol. The van der Waals surface area contributed by atoms with Crippen molar-refractivity contribution in [2.24, 2.45) is 49.4 Å². The van der Waals surface area contributed by atoms with Gasteiger partial charge in [-0.05, 0) is 80.4 Å². The van der Waals surface area contributed by atoms with Crippen LogP contribution in [0.15, 0.2) is 93.2 Å². The Morgan fingerprint density at radius 3 is 1.87 bits per heavy atom. The zero-order valence-corrected chi connectivity index (χ0v) is 52.1. The van der Waals surface area contributed by atoms with Crippen molar-refractivity contribution in [2.45, 2.75) is 137 Å².